The molecule has 0 bridgehead atoms. The highest BCUT2D eigenvalue weighted by Crippen LogP contribution is 2.26. The molecule has 1 saturated carbocycles. The van der Waals surface area contributed by atoms with Crippen LogP contribution in [-0.2, 0) is 4.74 Å². The summed E-state index contributed by atoms with van der Waals surface area (Å²) in [5, 5.41) is 10.6. The Hall–Kier alpha value is -2.45. The lowest BCUT2D eigenvalue weighted by molar-refractivity contribution is -0.00232. The maximum Gasteiger partial charge on any atom is 0.319 e. The first-order valence-electron chi connectivity index (χ1n) is 9.59. The molecule has 150 valence electrons. The molecule has 2 aromatic rings. The lowest BCUT2D eigenvalue weighted by atomic mass is 9.88. The number of nitrogens with zero attached hydrogens (tertiary/aromatic N) is 1. The number of hydrogen-bond acceptors (Lipinski definition) is 5. The van der Waals surface area contributed by atoms with E-state index in [4.69, 9.17) is 4.74 Å². The van der Waals surface area contributed by atoms with Crippen molar-refractivity contribution in [3.8, 4) is 0 Å². The zero-order valence-electron chi connectivity index (χ0n) is 15.9. The fourth-order valence-corrected chi connectivity index (χ4v) is 3.76. The molecule has 3 rings (SSSR count). The summed E-state index contributed by atoms with van der Waals surface area (Å²) in [4.78, 5) is 28.1. The quantitative estimate of drug-likeness (QED) is 0.608. The number of anilines is 2. The SMILES string of the molecule is C[C@@H]1CCCC[C@H]1OCCNC(=O)Nc1ccc(C(=O)Nc2nccs2)cc1. The van der Waals surface area contributed by atoms with Gasteiger partial charge in [-0.1, -0.05) is 19.8 Å². The van der Waals surface area contributed by atoms with Crippen LogP contribution in [0.3, 0.4) is 0 Å². The number of ether oxygens (including phenoxy) is 1. The Morgan fingerprint density at radius 3 is 2.68 bits per heavy atom. The standard InChI is InChI=1S/C20H26N4O3S/c1-14-4-2-3-5-17(14)27-12-10-21-19(26)23-16-8-6-15(7-9-16)18(25)24-20-22-11-13-28-20/h6-9,11,13-14,17H,2-5,10,12H2,1H3,(H2,21,23,26)(H,22,24,25)/t14-,17-/m1/s1. The molecule has 0 aliphatic heterocycles. The van der Waals surface area contributed by atoms with E-state index >= 15 is 0 Å². The van der Waals surface area contributed by atoms with Crippen molar-refractivity contribution >= 4 is 34.1 Å². The number of benzene rings is 1. The van der Waals surface area contributed by atoms with Crippen LogP contribution in [0.2, 0.25) is 0 Å². The summed E-state index contributed by atoms with van der Waals surface area (Å²) in [6.07, 6.45) is 6.77. The molecular weight excluding hydrogens is 376 g/mol. The highest BCUT2D eigenvalue weighted by atomic mass is 32.1. The van der Waals surface area contributed by atoms with E-state index in [1.165, 1.54) is 30.6 Å². The minimum Gasteiger partial charge on any atom is -0.376 e. The van der Waals surface area contributed by atoms with Gasteiger partial charge in [0.2, 0.25) is 0 Å². The van der Waals surface area contributed by atoms with Gasteiger partial charge >= 0.3 is 6.03 Å². The second-order valence-electron chi connectivity index (χ2n) is 6.92. The number of carbonyl (C=O) groups is 2. The van der Waals surface area contributed by atoms with Crippen LogP contribution in [0.15, 0.2) is 35.8 Å². The fraction of sp³-hybridized carbons (Fsp3) is 0.450. The summed E-state index contributed by atoms with van der Waals surface area (Å²) in [7, 11) is 0. The third-order valence-corrected chi connectivity index (χ3v) is 5.50. The highest BCUT2D eigenvalue weighted by molar-refractivity contribution is 7.13. The number of carbonyl (C=O) groups excluding carboxylic acids is 2. The third kappa shape index (κ3) is 6.03. The third-order valence-electron chi connectivity index (χ3n) is 4.81. The monoisotopic (exact) mass is 402 g/mol. The summed E-state index contributed by atoms with van der Waals surface area (Å²) >= 11 is 1.36. The first-order chi connectivity index (χ1) is 13.6. The molecular formula is C20H26N4O3S. The molecule has 0 radical (unpaired) electrons. The fourth-order valence-electron chi connectivity index (χ4n) is 3.24. The van der Waals surface area contributed by atoms with E-state index in [2.05, 4.69) is 27.9 Å². The van der Waals surface area contributed by atoms with Crippen LogP contribution in [-0.4, -0.2) is 36.2 Å². The lowest BCUT2D eigenvalue weighted by Crippen LogP contribution is -2.34. The largest absolute Gasteiger partial charge is 0.376 e. The average Bonchev–Trinajstić information content (AvgIpc) is 3.20. The lowest BCUT2D eigenvalue weighted by Gasteiger charge is -2.28. The van der Waals surface area contributed by atoms with E-state index in [0.717, 1.165) is 6.42 Å². The van der Waals surface area contributed by atoms with Crippen LogP contribution < -0.4 is 16.0 Å². The second kappa shape index (κ2) is 10.2. The summed E-state index contributed by atoms with van der Waals surface area (Å²) in [5.41, 5.74) is 1.11. The van der Waals surface area contributed by atoms with Gasteiger partial charge < -0.3 is 15.4 Å². The molecule has 1 fully saturated rings. The molecule has 0 spiro atoms. The van der Waals surface area contributed by atoms with Gasteiger partial charge in [-0.3, -0.25) is 10.1 Å². The van der Waals surface area contributed by atoms with Crippen molar-refractivity contribution in [1.82, 2.24) is 10.3 Å². The van der Waals surface area contributed by atoms with Crippen molar-refractivity contribution < 1.29 is 14.3 Å². The summed E-state index contributed by atoms with van der Waals surface area (Å²) in [6, 6.07) is 6.41. The first kappa shape index (κ1) is 20.3. The molecule has 1 aromatic carbocycles. The van der Waals surface area contributed by atoms with Gasteiger partial charge in [0.25, 0.3) is 5.91 Å². The molecule has 8 heteroatoms. The number of thiazole rings is 1. The van der Waals surface area contributed by atoms with Gasteiger partial charge in [-0.25, -0.2) is 9.78 Å². The molecule has 3 N–H and O–H groups in total. The van der Waals surface area contributed by atoms with Gasteiger partial charge in [0.05, 0.1) is 12.7 Å². The maximum absolute atomic E-state index is 12.1. The van der Waals surface area contributed by atoms with Crippen LogP contribution in [0.1, 0.15) is 43.0 Å². The smallest absolute Gasteiger partial charge is 0.319 e. The van der Waals surface area contributed by atoms with Gasteiger partial charge in [0.1, 0.15) is 0 Å². The van der Waals surface area contributed by atoms with Crippen LogP contribution in [0, 0.1) is 5.92 Å². The van der Waals surface area contributed by atoms with Gasteiger partial charge in [-0.15, -0.1) is 11.3 Å². The molecule has 28 heavy (non-hydrogen) atoms. The Morgan fingerprint density at radius 2 is 1.96 bits per heavy atom. The van der Waals surface area contributed by atoms with Crippen molar-refractivity contribution in [2.24, 2.45) is 5.92 Å². The highest BCUT2D eigenvalue weighted by Gasteiger charge is 2.21. The van der Waals surface area contributed by atoms with Crippen molar-refractivity contribution in [1.29, 1.82) is 0 Å². The molecule has 0 unspecified atom stereocenters. The minimum absolute atomic E-state index is 0.236. The molecule has 2 atom stereocenters. The van der Waals surface area contributed by atoms with E-state index in [0.29, 0.717) is 41.6 Å². The Labute approximate surface area is 168 Å². The van der Waals surface area contributed by atoms with Gasteiger partial charge in [0, 0.05) is 29.4 Å². The van der Waals surface area contributed by atoms with Crippen LogP contribution in [0.25, 0.3) is 0 Å². The van der Waals surface area contributed by atoms with Crippen molar-refractivity contribution in [2.75, 3.05) is 23.8 Å². The van der Waals surface area contributed by atoms with Crippen molar-refractivity contribution in [2.45, 2.75) is 38.7 Å². The van der Waals surface area contributed by atoms with Crippen molar-refractivity contribution in [3.63, 3.8) is 0 Å². The van der Waals surface area contributed by atoms with E-state index in [9.17, 15) is 9.59 Å². The van der Waals surface area contributed by atoms with Crippen LogP contribution >= 0.6 is 11.3 Å². The topological polar surface area (TPSA) is 92.4 Å². The Kier molecular flexibility index (Phi) is 7.39. The predicted molar refractivity (Wildman–Crippen MR) is 111 cm³/mol. The van der Waals surface area contributed by atoms with Crippen LogP contribution in [0.5, 0.6) is 0 Å². The number of hydrogen-bond donors (Lipinski definition) is 3. The number of rotatable bonds is 7. The van der Waals surface area contributed by atoms with Crippen molar-refractivity contribution in [3.05, 3.63) is 41.4 Å². The number of urea groups is 1. The molecule has 1 heterocycles. The summed E-state index contributed by atoms with van der Waals surface area (Å²) < 4.78 is 5.89. The first-order valence-corrected chi connectivity index (χ1v) is 10.5. The number of aromatic nitrogens is 1. The van der Waals surface area contributed by atoms with Gasteiger partial charge in [0.15, 0.2) is 5.13 Å². The van der Waals surface area contributed by atoms with E-state index in [1.807, 2.05) is 0 Å². The second-order valence-corrected chi connectivity index (χ2v) is 7.82. The molecule has 3 amide bonds. The van der Waals surface area contributed by atoms with Crippen LogP contribution in [0.4, 0.5) is 15.6 Å². The number of amides is 3. The van der Waals surface area contributed by atoms with E-state index in [-0.39, 0.29) is 11.9 Å². The Morgan fingerprint density at radius 1 is 1.18 bits per heavy atom. The molecule has 7 nitrogen and oxygen atoms in total. The van der Waals surface area contributed by atoms with E-state index in [1.54, 1.807) is 35.8 Å². The average molecular weight is 403 g/mol. The normalized spacial score (nSPS) is 19.0. The van der Waals surface area contributed by atoms with Gasteiger partial charge in [-0.2, -0.15) is 0 Å². The molecule has 1 aliphatic carbocycles. The number of nitrogens with one attached hydrogen (secondary N) is 3. The zero-order chi connectivity index (χ0) is 19.8. The Balaban J connectivity index is 1.37. The molecule has 0 saturated heterocycles. The molecule has 1 aromatic heterocycles. The summed E-state index contributed by atoms with van der Waals surface area (Å²) in [5.74, 6) is 0.355. The maximum atomic E-state index is 12.1. The Bertz CT molecular complexity index is 764. The summed E-state index contributed by atoms with van der Waals surface area (Å²) in [6.45, 7) is 3.20. The molecule has 1 aliphatic rings. The van der Waals surface area contributed by atoms with Gasteiger partial charge in [-0.05, 0) is 43.0 Å². The predicted octanol–water partition coefficient (Wildman–Crippen LogP) is 4.11. The van der Waals surface area contributed by atoms with E-state index < -0.39 is 0 Å². The zero-order valence-corrected chi connectivity index (χ0v) is 16.8. The minimum atomic E-state index is -0.291.